The Labute approximate surface area is 263 Å². The normalized spacial score (nSPS) is 12.0. The highest BCUT2D eigenvalue weighted by Gasteiger charge is 2.34. The molecule has 12 heteroatoms. The zero-order valence-corrected chi connectivity index (χ0v) is 27.2. The molecule has 43 heavy (non-hydrogen) atoms. The first-order chi connectivity index (χ1) is 20.4. The van der Waals surface area contributed by atoms with Gasteiger partial charge in [0, 0.05) is 29.2 Å². The number of methoxy groups -OCH3 is 2. The first-order valence-corrected chi connectivity index (χ1v) is 15.9. The van der Waals surface area contributed by atoms with Crippen molar-refractivity contribution in [3.63, 3.8) is 0 Å². The third kappa shape index (κ3) is 8.55. The van der Waals surface area contributed by atoms with Crippen LogP contribution in [0.5, 0.6) is 11.5 Å². The molecular weight excluding hydrogens is 613 g/mol. The number of nitrogens with zero attached hydrogens (tertiary/aromatic N) is 2. The van der Waals surface area contributed by atoms with Crippen molar-refractivity contribution in [2.24, 2.45) is 5.92 Å². The van der Waals surface area contributed by atoms with E-state index in [4.69, 9.17) is 32.7 Å². The molecule has 0 bridgehead atoms. The van der Waals surface area contributed by atoms with Crippen LogP contribution in [0.15, 0.2) is 71.6 Å². The topological polar surface area (TPSA) is 105 Å². The lowest BCUT2D eigenvalue weighted by atomic mass is 10.1. The quantitative estimate of drug-likeness (QED) is 0.237. The summed E-state index contributed by atoms with van der Waals surface area (Å²) >= 11 is 12.6. The second-order valence-corrected chi connectivity index (χ2v) is 12.9. The minimum Gasteiger partial charge on any atom is -0.493 e. The second-order valence-electron chi connectivity index (χ2n) is 10.2. The highest BCUT2D eigenvalue weighted by molar-refractivity contribution is 7.92. The zero-order valence-electron chi connectivity index (χ0n) is 24.8. The standard InChI is InChI=1S/C31H37Cl2N3O6S/c1-6-27(31(38)34-18-21(2)3)35(19-22-12-13-23(32)16-26(22)33)30(37)20-36(43(39,40)25-10-8-7-9-11-25)24-14-15-28(41-4)29(17-24)42-5/h7-17,21,27H,6,18-20H2,1-5H3,(H,34,38)/t27-/m1/s1. The summed E-state index contributed by atoms with van der Waals surface area (Å²) < 4.78 is 39.8. The molecule has 232 valence electrons. The first kappa shape index (κ1) is 34.0. The van der Waals surface area contributed by atoms with Gasteiger partial charge in [0.05, 0.1) is 24.8 Å². The van der Waals surface area contributed by atoms with Crippen molar-refractivity contribution in [1.29, 1.82) is 0 Å². The fourth-order valence-electron chi connectivity index (χ4n) is 4.40. The van der Waals surface area contributed by atoms with E-state index in [1.165, 1.54) is 43.4 Å². The van der Waals surface area contributed by atoms with E-state index in [1.54, 1.807) is 49.4 Å². The summed E-state index contributed by atoms with van der Waals surface area (Å²) in [4.78, 5) is 28.9. The summed E-state index contributed by atoms with van der Waals surface area (Å²) in [5.74, 6) is -0.0931. The van der Waals surface area contributed by atoms with Crippen molar-refractivity contribution in [2.75, 3.05) is 31.6 Å². The van der Waals surface area contributed by atoms with Crippen LogP contribution < -0.4 is 19.1 Å². The summed E-state index contributed by atoms with van der Waals surface area (Å²) in [6.45, 7) is 5.48. The van der Waals surface area contributed by atoms with Crippen LogP contribution in [0.4, 0.5) is 5.69 Å². The summed E-state index contributed by atoms with van der Waals surface area (Å²) in [6, 6.07) is 16.3. The van der Waals surface area contributed by atoms with Gasteiger partial charge in [-0.3, -0.25) is 13.9 Å². The van der Waals surface area contributed by atoms with E-state index in [9.17, 15) is 18.0 Å². The third-order valence-electron chi connectivity index (χ3n) is 6.69. The van der Waals surface area contributed by atoms with Gasteiger partial charge in [-0.15, -0.1) is 0 Å². The van der Waals surface area contributed by atoms with Gasteiger partial charge in [0.15, 0.2) is 11.5 Å². The maximum absolute atomic E-state index is 14.2. The lowest BCUT2D eigenvalue weighted by Crippen LogP contribution is -2.52. The number of ether oxygens (including phenoxy) is 2. The molecule has 3 rings (SSSR count). The molecule has 0 aliphatic heterocycles. The molecule has 0 fully saturated rings. The van der Waals surface area contributed by atoms with Crippen LogP contribution in [0.1, 0.15) is 32.8 Å². The summed E-state index contributed by atoms with van der Waals surface area (Å²) in [7, 11) is -1.34. The SMILES string of the molecule is CC[C@H](C(=O)NCC(C)C)N(Cc1ccc(Cl)cc1Cl)C(=O)CN(c1ccc(OC)c(OC)c1)S(=O)(=O)c1ccccc1. The number of hydrogen-bond donors (Lipinski definition) is 1. The molecule has 2 amide bonds. The average Bonchev–Trinajstić information content (AvgIpc) is 2.99. The van der Waals surface area contributed by atoms with Gasteiger partial charge < -0.3 is 19.7 Å². The number of carbonyl (C=O) groups is 2. The molecule has 0 aliphatic carbocycles. The van der Waals surface area contributed by atoms with Gasteiger partial charge in [-0.25, -0.2) is 8.42 Å². The molecule has 9 nitrogen and oxygen atoms in total. The number of halogens is 2. The van der Waals surface area contributed by atoms with E-state index in [0.717, 1.165) is 4.31 Å². The van der Waals surface area contributed by atoms with Gasteiger partial charge in [0.25, 0.3) is 10.0 Å². The van der Waals surface area contributed by atoms with Crippen LogP contribution in [0.3, 0.4) is 0 Å². The van der Waals surface area contributed by atoms with Gasteiger partial charge >= 0.3 is 0 Å². The molecule has 0 saturated carbocycles. The van der Waals surface area contributed by atoms with Gasteiger partial charge in [-0.2, -0.15) is 0 Å². The molecule has 0 spiro atoms. The summed E-state index contributed by atoms with van der Waals surface area (Å²) in [5, 5.41) is 3.63. The van der Waals surface area contributed by atoms with Crippen LogP contribution in [-0.4, -0.2) is 58.5 Å². The minimum atomic E-state index is -4.24. The first-order valence-electron chi connectivity index (χ1n) is 13.7. The highest BCUT2D eigenvalue weighted by atomic mass is 35.5. The van der Waals surface area contributed by atoms with E-state index < -0.39 is 28.5 Å². The zero-order chi connectivity index (χ0) is 31.7. The molecule has 0 unspecified atom stereocenters. The Morgan fingerprint density at radius 3 is 2.19 bits per heavy atom. The molecule has 0 saturated heterocycles. The number of rotatable bonds is 14. The van der Waals surface area contributed by atoms with Crippen LogP contribution in [0.25, 0.3) is 0 Å². The number of carbonyl (C=O) groups excluding carboxylic acids is 2. The number of sulfonamides is 1. The van der Waals surface area contributed by atoms with E-state index >= 15 is 0 Å². The Balaban J connectivity index is 2.11. The van der Waals surface area contributed by atoms with Crippen molar-refractivity contribution in [3.05, 3.63) is 82.3 Å². The van der Waals surface area contributed by atoms with Crippen molar-refractivity contribution in [3.8, 4) is 11.5 Å². The Bertz CT molecular complexity index is 1520. The van der Waals surface area contributed by atoms with Crippen molar-refractivity contribution < 1.29 is 27.5 Å². The summed E-state index contributed by atoms with van der Waals surface area (Å²) in [5.41, 5.74) is 0.731. The lowest BCUT2D eigenvalue weighted by Gasteiger charge is -2.33. The number of hydrogen-bond acceptors (Lipinski definition) is 6. The van der Waals surface area contributed by atoms with Crippen molar-refractivity contribution in [2.45, 2.75) is 44.7 Å². The van der Waals surface area contributed by atoms with E-state index in [-0.39, 0.29) is 41.1 Å². The summed E-state index contributed by atoms with van der Waals surface area (Å²) in [6.07, 6.45) is 0.280. The molecule has 3 aromatic rings. The number of anilines is 1. The van der Waals surface area contributed by atoms with Crippen molar-refractivity contribution in [1.82, 2.24) is 10.2 Å². The maximum atomic E-state index is 14.2. The number of nitrogens with one attached hydrogen (secondary N) is 1. The predicted molar refractivity (Wildman–Crippen MR) is 169 cm³/mol. The Morgan fingerprint density at radius 2 is 1.60 bits per heavy atom. The lowest BCUT2D eigenvalue weighted by molar-refractivity contribution is -0.140. The van der Waals surface area contributed by atoms with Gasteiger partial charge in [-0.05, 0) is 54.3 Å². The van der Waals surface area contributed by atoms with Crippen LogP contribution >= 0.6 is 23.2 Å². The van der Waals surface area contributed by atoms with E-state index in [2.05, 4.69) is 5.32 Å². The molecule has 3 aromatic carbocycles. The fraction of sp³-hybridized carbons (Fsp3) is 0.355. The second kappa shape index (κ2) is 15.3. The van der Waals surface area contributed by atoms with Gasteiger partial charge in [0.2, 0.25) is 11.8 Å². The third-order valence-corrected chi connectivity index (χ3v) is 9.07. The van der Waals surface area contributed by atoms with Crippen LogP contribution in [-0.2, 0) is 26.2 Å². The molecular formula is C31H37Cl2N3O6S. The molecule has 0 radical (unpaired) electrons. The molecule has 1 atom stereocenters. The van der Waals surface area contributed by atoms with E-state index in [0.29, 0.717) is 27.9 Å². The Kier molecular flexibility index (Phi) is 12.1. The van der Waals surface area contributed by atoms with Gasteiger partial charge in [-0.1, -0.05) is 68.2 Å². The van der Waals surface area contributed by atoms with E-state index in [1.807, 2.05) is 13.8 Å². The average molecular weight is 651 g/mol. The Hall–Kier alpha value is -3.47. The number of amides is 2. The molecule has 1 N–H and O–H groups in total. The van der Waals surface area contributed by atoms with Crippen LogP contribution in [0, 0.1) is 5.92 Å². The van der Waals surface area contributed by atoms with Crippen LogP contribution in [0.2, 0.25) is 10.0 Å². The molecule has 0 aliphatic rings. The highest BCUT2D eigenvalue weighted by Crippen LogP contribution is 2.34. The molecule has 0 heterocycles. The maximum Gasteiger partial charge on any atom is 0.264 e. The predicted octanol–water partition coefficient (Wildman–Crippen LogP) is 5.79. The van der Waals surface area contributed by atoms with Gasteiger partial charge in [0.1, 0.15) is 12.6 Å². The Morgan fingerprint density at radius 1 is 0.930 bits per heavy atom. The number of benzene rings is 3. The minimum absolute atomic E-state index is 0.00778. The fourth-order valence-corrected chi connectivity index (χ4v) is 6.30. The monoisotopic (exact) mass is 649 g/mol. The smallest absolute Gasteiger partial charge is 0.264 e. The molecule has 0 aromatic heterocycles. The van der Waals surface area contributed by atoms with Crippen molar-refractivity contribution >= 4 is 50.7 Å². The largest absolute Gasteiger partial charge is 0.493 e.